The lowest BCUT2D eigenvalue weighted by molar-refractivity contribution is 1.23. The van der Waals surface area contributed by atoms with Gasteiger partial charge in [-0.2, -0.15) is 0 Å². The Morgan fingerprint density at radius 3 is 2.00 bits per heavy atom. The van der Waals surface area contributed by atoms with Crippen LogP contribution in [-0.2, 0) is 0 Å². The summed E-state index contributed by atoms with van der Waals surface area (Å²) < 4.78 is 4.69. The Hall–Kier alpha value is 0.202. The minimum Gasteiger partial charge on any atom is -0.406 e. The van der Waals surface area contributed by atoms with Gasteiger partial charge in [0.25, 0.3) is 0 Å². The van der Waals surface area contributed by atoms with E-state index in [9.17, 15) is 0 Å². The first-order chi connectivity index (χ1) is 4.74. The van der Waals surface area contributed by atoms with Gasteiger partial charge in [-0.3, -0.25) is 0 Å². The van der Waals surface area contributed by atoms with E-state index in [1.54, 1.807) is 0 Å². The number of hydrogen-bond donors (Lipinski definition) is 0. The molecule has 0 fully saturated rings. The van der Waals surface area contributed by atoms with Crippen LogP contribution in [0.5, 0.6) is 0 Å². The Labute approximate surface area is 69.2 Å². The minimum absolute atomic E-state index is 0.680. The molecule has 0 spiro atoms. The van der Waals surface area contributed by atoms with E-state index in [2.05, 4.69) is 31.7 Å². The van der Waals surface area contributed by atoms with Gasteiger partial charge in [0, 0.05) is 0 Å². The third-order valence-corrected chi connectivity index (χ3v) is 4.55. The number of rotatable bonds is 4. The molecule has 0 unspecified atom stereocenters. The van der Waals surface area contributed by atoms with Crippen LogP contribution in [0, 0.1) is 0 Å². The Morgan fingerprint density at radius 1 is 1.20 bits per heavy atom. The fourth-order valence-corrected chi connectivity index (χ4v) is 2.62. The molecule has 2 heteroatoms. The van der Waals surface area contributed by atoms with Crippen molar-refractivity contribution in [1.82, 2.24) is 0 Å². The summed E-state index contributed by atoms with van der Waals surface area (Å²) in [6.07, 6.45) is 1.13. The van der Waals surface area contributed by atoms with E-state index in [4.69, 9.17) is 0 Å². The van der Waals surface area contributed by atoms with Crippen molar-refractivity contribution in [3.63, 3.8) is 0 Å². The van der Waals surface area contributed by atoms with Crippen LogP contribution < -0.4 is 0 Å². The maximum absolute atomic E-state index is 4.69. The van der Waals surface area contributed by atoms with E-state index < -0.39 is 14.4 Å². The van der Waals surface area contributed by atoms with E-state index in [0.717, 1.165) is 6.42 Å². The van der Waals surface area contributed by atoms with Crippen molar-refractivity contribution in [1.29, 1.82) is 0 Å². The molecule has 0 aromatic rings. The maximum atomic E-state index is 4.69. The monoisotopic (exact) mass is 155 g/mol. The van der Waals surface area contributed by atoms with Crippen molar-refractivity contribution in [3.8, 4) is 0 Å². The van der Waals surface area contributed by atoms with E-state index in [1.807, 2.05) is 0 Å². The lowest BCUT2D eigenvalue weighted by Gasteiger charge is -2.01. The van der Waals surface area contributed by atoms with Gasteiger partial charge >= 0.3 is 14.4 Å². The second kappa shape index (κ2) is 5.95. The Kier molecular flexibility index (Phi) is 6.07. The van der Waals surface area contributed by atoms with E-state index in [1.165, 1.54) is 16.3 Å². The van der Waals surface area contributed by atoms with Crippen LogP contribution in [-0.4, -0.2) is 20.1 Å². The van der Waals surface area contributed by atoms with E-state index in [0.29, 0.717) is 0 Å². The molecule has 0 atom stereocenters. The smallest absolute Gasteiger partial charge is 0.406 e. The molecule has 0 saturated carbocycles. The lowest BCUT2D eigenvalue weighted by atomic mass is 10.3. The summed E-state index contributed by atoms with van der Waals surface area (Å²) in [4.78, 5) is 0. The molecule has 58 valence electrons. The molecule has 0 radical (unpaired) electrons. The molecule has 0 aliphatic rings. The minimum atomic E-state index is -0.680. The Balaban J connectivity index is 3.80. The summed E-state index contributed by atoms with van der Waals surface area (Å²) in [7, 11) is 0. The normalized spacial score (nSPS) is 11.8. The second-order valence-electron chi connectivity index (χ2n) is 2.69. The molecule has 0 aromatic carbocycles. The molecule has 10 heavy (non-hydrogen) atoms. The van der Waals surface area contributed by atoms with Gasteiger partial charge in [-0.15, -0.1) is 0 Å². The van der Waals surface area contributed by atoms with Gasteiger partial charge in [0.05, 0.1) is 0 Å². The molecular formula is C8H18AlN. The highest BCUT2D eigenvalue weighted by atomic mass is 27.2. The summed E-state index contributed by atoms with van der Waals surface area (Å²) in [6.45, 7) is 8.83. The third kappa shape index (κ3) is 4.09. The van der Waals surface area contributed by atoms with Gasteiger partial charge < -0.3 is 3.98 Å². The Morgan fingerprint density at radius 2 is 1.70 bits per heavy atom. The topological polar surface area (TPSA) is 12.4 Å². The quantitative estimate of drug-likeness (QED) is 0.437. The maximum Gasteiger partial charge on any atom is 0.435 e. The molecular weight excluding hydrogens is 137 g/mol. The zero-order chi connectivity index (χ0) is 7.98. The molecule has 0 saturated heterocycles. The average molecular weight is 155 g/mol. The van der Waals surface area contributed by atoms with Crippen LogP contribution in [0.2, 0.25) is 10.6 Å². The standard InChI is InChI=1S/C4H8N.2C2H5.Al/c1-3-4(2)5;2*1-2;/h3H2,1-2H3;2*1H2,2H3;/q-1;;;+1. The largest absolute Gasteiger partial charge is 0.435 e. The van der Waals surface area contributed by atoms with Crippen LogP contribution in [0.15, 0.2) is 3.98 Å². The van der Waals surface area contributed by atoms with Gasteiger partial charge in [0.2, 0.25) is 0 Å². The van der Waals surface area contributed by atoms with Crippen molar-refractivity contribution in [2.24, 2.45) is 3.98 Å². The van der Waals surface area contributed by atoms with Crippen LogP contribution in [0.3, 0.4) is 0 Å². The molecule has 0 aliphatic heterocycles. The lowest BCUT2D eigenvalue weighted by Crippen LogP contribution is -2.08. The second-order valence-corrected chi connectivity index (χ2v) is 5.89. The first-order valence-electron chi connectivity index (χ1n) is 4.27. The molecule has 0 aliphatic carbocycles. The van der Waals surface area contributed by atoms with Crippen LogP contribution in [0.4, 0.5) is 0 Å². The van der Waals surface area contributed by atoms with Crippen molar-refractivity contribution in [2.45, 2.75) is 44.7 Å². The molecule has 0 N–H and O–H groups in total. The zero-order valence-electron chi connectivity index (χ0n) is 7.65. The van der Waals surface area contributed by atoms with Crippen LogP contribution in [0.25, 0.3) is 0 Å². The first kappa shape index (κ1) is 10.2. The molecule has 0 heterocycles. The molecule has 0 rings (SSSR count). The highest BCUT2D eigenvalue weighted by Crippen LogP contribution is 2.00. The van der Waals surface area contributed by atoms with Crippen molar-refractivity contribution >= 4 is 20.1 Å². The summed E-state index contributed by atoms with van der Waals surface area (Å²) in [5.41, 5.74) is 1.35. The number of hydrogen-bond acceptors (Lipinski definition) is 1. The average Bonchev–Trinajstić information content (AvgIpc) is 1.99. The highest BCUT2D eigenvalue weighted by molar-refractivity contribution is 6.58. The summed E-state index contributed by atoms with van der Waals surface area (Å²) in [6, 6.07) is 0. The van der Waals surface area contributed by atoms with Gasteiger partial charge in [-0.05, 0) is 19.1 Å². The van der Waals surface area contributed by atoms with Crippen molar-refractivity contribution in [2.75, 3.05) is 0 Å². The summed E-state index contributed by atoms with van der Waals surface area (Å²) in [5.74, 6) is 0. The van der Waals surface area contributed by atoms with Crippen LogP contribution >= 0.6 is 0 Å². The molecule has 0 amide bonds. The van der Waals surface area contributed by atoms with Gasteiger partial charge in [-0.25, -0.2) is 0 Å². The first-order valence-corrected chi connectivity index (χ1v) is 6.42. The third-order valence-electron chi connectivity index (χ3n) is 1.86. The summed E-state index contributed by atoms with van der Waals surface area (Å²) in [5, 5.41) is 2.63. The van der Waals surface area contributed by atoms with Crippen molar-refractivity contribution < 1.29 is 0 Å². The molecule has 1 nitrogen and oxygen atoms in total. The fraction of sp³-hybridized carbons (Fsp3) is 0.875. The van der Waals surface area contributed by atoms with Gasteiger partial charge in [-0.1, -0.05) is 31.3 Å². The predicted octanol–water partition coefficient (Wildman–Crippen LogP) is 2.89. The highest BCUT2D eigenvalue weighted by Gasteiger charge is 2.10. The molecule has 0 aromatic heterocycles. The van der Waals surface area contributed by atoms with Gasteiger partial charge in [0.15, 0.2) is 0 Å². The Bertz CT molecular complexity index is 106. The van der Waals surface area contributed by atoms with E-state index >= 15 is 0 Å². The predicted molar refractivity (Wildman–Crippen MR) is 50.1 cm³/mol. The fourth-order valence-electron chi connectivity index (χ4n) is 0.874. The summed E-state index contributed by atoms with van der Waals surface area (Å²) >= 11 is -0.680. The number of nitrogens with zero attached hydrogens (tertiary/aromatic N) is 1. The zero-order valence-corrected chi connectivity index (χ0v) is 8.80. The SMILES string of the molecule is CC/C(C)=[N]\[Al]([CH2]C)[CH2]C. The van der Waals surface area contributed by atoms with E-state index in [-0.39, 0.29) is 0 Å². The van der Waals surface area contributed by atoms with Gasteiger partial charge in [0.1, 0.15) is 0 Å². The van der Waals surface area contributed by atoms with Crippen molar-refractivity contribution in [3.05, 3.63) is 0 Å². The molecule has 0 bridgehead atoms. The van der Waals surface area contributed by atoms with Crippen LogP contribution in [0.1, 0.15) is 34.1 Å².